The number of piperidine rings is 1. The maximum absolute atomic E-state index is 12.8. The molecule has 0 bridgehead atoms. The summed E-state index contributed by atoms with van der Waals surface area (Å²) in [6, 6.07) is 26.3. The van der Waals surface area contributed by atoms with E-state index in [2.05, 4.69) is 42.5 Å². The van der Waals surface area contributed by atoms with E-state index in [-0.39, 0.29) is 5.91 Å². The molecule has 1 atom stereocenters. The number of likely N-dealkylation sites (tertiary alicyclic amines) is 1. The molecule has 3 nitrogen and oxygen atoms in total. The van der Waals surface area contributed by atoms with Crippen LogP contribution in [-0.4, -0.2) is 28.9 Å². The zero-order valence-corrected chi connectivity index (χ0v) is 15.4. The van der Waals surface area contributed by atoms with E-state index >= 15 is 0 Å². The predicted octanol–water partition coefficient (Wildman–Crippen LogP) is 4.69. The molecular weight excluding hydrogens is 332 g/mol. The van der Waals surface area contributed by atoms with Crippen molar-refractivity contribution in [3.8, 4) is 0 Å². The highest BCUT2D eigenvalue weighted by Crippen LogP contribution is 2.27. The molecular formula is C24H24N2O. The molecule has 0 aliphatic carbocycles. The van der Waals surface area contributed by atoms with E-state index in [4.69, 9.17) is 4.98 Å². The highest BCUT2D eigenvalue weighted by Gasteiger charge is 2.26. The van der Waals surface area contributed by atoms with Crippen molar-refractivity contribution in [1.82, 2.24) is 9.88 Å². The largest absolute Gasteiger partial charge is 0.338 e. The summed E-state index contributed by atoms with van der Waals surface area (Å²) in [5, 5.41) is 0. The monoisotopic (exact) mass is 356 g/mol. The first kappa shape index (κ1) is 17.5. The molecule has 27 heavy (non-hydrogen) atoms. The van der Waals surface area contributed by atoms with E-state index in [1.54, 1.807) is 0 Å². The third-order valence-electron chi connectivity index (χ3n) is 5.20. The topological polar surface area (TPSA) is 33.2 Å². The first-order valence-corrected chi connectivity index (χ1v) is 9.64. The Kier molecular flexibility index (Phi) is 5.29. The highest BCUT2D eigenvalue weighted by molar-refractivity contribution is 5.94. The van der Waals surface area contributed by atoms with Gasteiger partial charge >= 0.3 is 0 Å². The van der Waals surface area contributed by atoms with Crippen molar-refractivity contribution in [2.45, 2.75) is 25.2 Å². The summed E-state index contributed by atoms with van der Waals surface area (Å²) in [7, 11) is 0. The molecule has 1 saturated heterocycles. The van der Waals surface area contributed by atoms with Crippen LogP contribution in [0.25, 0.3) is 0 Å². The van der Waals surface area contributed by atoms with Gasteiger partial charge in [-0.1, -0.05) is 54.6 Å². The fraction of sp³-hybridized carbons (Fsp3) is 0.250. The molecule has 136 valence electrons. The number of benzene rings is 2. The standard InChI is InChI=1S/C24H24N2O/c27-24(20-11-5-2-6-12-20)26-16-8-13-21(18-26)23-15-7-14-22(25-23)17-19-9-3-1-4-10-19/h1-7,9-12,14-15,21H,8,13,16-18H2/t21-/m1/s1. The van der Waals surface area contributed by atoms with Crippen LogP contribution in [0.15, 0.2) is 78.9 Å². The summed E-state index contributed by atoms with van der Waals surface area (Å²) in [4.78, 5) is 19.7. The maximum Gasteiger partial charge on any atom is 0.253 e. The maximum atomic E-state index is 12.8. The Balaban J connectivity index is 1.48. The van der Waals surface area contributed by atoms with E-state index in [0.717, 1.165) is 49.3 Å². The van der Waals surface area contributed by atoms with Gasteiger partial charge in [-0.15, -0.1) is 0 Å². The van der Waals surface area contributed by atoms with Gasteiger partial charge in [0, 0.05) is 42.4 Å². The lowest BCUT2D eigenvalue weighted by Gasteiger charge is -2.32. The van der Waals surface area contributed by atoms with E-state index < -0.39 is 0 Å². The Bertz CT molecular complexity index is 893. The second-order valence-corrected chi connectivity index (χ2v) is 7.17. The van der Waals surface area contributed by atoms with Crippen LogP contribution in [-0.2, 0) is 6.42 Å². The number of amides is 1. The molecule has 0 saturated carbocycles. The lowest BCUT2D eigenvalue weighted by molar-refractivity contribution is 0.0706. The Hall–Kier alpha value is -2.94. The molecule has 4 rings (SSSR count). The van der Waals surface area contributed by atoms with Crippen LogP contribution in [0.5, 0.6) is 0 Å². The third-order valence-corrected chi connectivity index (χ3v) is 5.20. The van der Waals surface area contributed by atoms with Crippen LogP contribution in [0.4, 0.5) is 0 Å². The summed E-state index contributed by atoms with van der Waals surface area (Å²) < 4.78 is 0. The number of rotatable bonds is 4. The fourth-order valence-electron chi connectivity index (χ4n) is 3.80. The molecule has 0 unspecified atom stereocenters. The SMILES string of the molecule is O=C(c1ccccc1)N1CCC[C@@H](c2cccc(Cc3ccccc3)n2)C1. The molecule has 1 aliphatic heterocycles. The molecule has 0 spiro atoms. The quantitative estimate of drug-likeness (QED) is 0.679. The van der Waals surface area contributed by atoms with Gasteiger partial charge in [0.1, 0.15) is 0 Å². The molecule has 1 fully saturated rings. The van der Waals surface area contributed by atoms with Crippen LogP contribution in [0, 0.1) is 0 Å². The summed E-state index contributed by atoms with van der Waals surface area (Å²) in [6.45, 7) is 1.57. The molecule has 2 aromatic carbocycles. The van der Waals surface area contributed by atoms with Gasteiger partial charge in [-0.2, -0.15) is 0 Å². The average Bonchev–Trinajstić information content (AvgIpc) is 2.75. The summed E-state index contributed by atoms with van der Waals surface area (Å²) in [5.74, 6) is 0.433. The van der Waals surface area contributed by atoms with E-state index in [1.807, 2.05) is 41.3 Å². The van der Waals surface area contributed by atoms with Crippen molar-refractivity contribution in [1.29, 1.82) is 0 Å². The molecule has 0 N–H and O–H groups in total. The van der Waals surface area contributed by atoms with Gasteiger partial charge in [0.15, 0.2) is 0 Å². The van der Waals surface area contributed by atoms with Crippen LogP contribution in [0.3, 0.4) is 0 Å². The van der Waals surface area contributed by atoms with Crippen molar-refractivity contribution in [3.63, 3.8) is 0 Å². The minimum absolute atomic E-state index is 0.126. The van der Waals surface area contributed by atoms with Gasteiger partial charge < -0.3 is 4.90 Å². The van der Waals surface area contributed by atoms with Crippen LogP contribution in [0.2, 0.25) is 0 Å². The molecule has 3 aromatic rings. The molecule has 2 heterocycles. The number of nitrogens with zero attached hydrogens (tertiary/aromatic N) is 2. The summed E-state index contributed by atoms with van der Waals surface area (Å²) >= 11 is 0. The Morgan fingerprint density at radius 1 is 0.926 bits per heavy atom. The van der Waals surface area contributed by atoms with Gasteiger partial charge in [0.25, 0.3) is 5.91 Å². The van der Waals surface area contributed by atoms with Gasteiger partial charge in [0.05, 0.1) is 0 Å². The number of hydrogen-bond acceptors (Lipinski definition) is 2. The number of aromatic nitrogens is 1. The van der Waals surface area contributed by atoms with Crippen molar-refractivity contribution >= 4 is 5.91 Å². The number of carbonyl (C=O) groups is 1. The normalized spacial score (nSPS) is 16.9. The van der Waals surface area contributed by atoms with Crippen molar-refractivity contribution in [2.75, 3.05) is 13.1 Å². The first-order chi connectivity index (χ1) is 13.3. The fourth-order valence-corrected chi connectivity index (χ4v) is 3.80. The zero-order chi connectivity index (χ0) is 18.5. The lowest BCUT2D eigenvalue weighted by atomic mass is 9.93. The number of pyridine rings is 1. The molecule has 1 aliphatic rings. The zero-order valence-electron chi connectivity index (χ0n) is 15.4. The van der Waals surface area contributed by atoms with Crippen LogP contribution < -0.4 is 0 Å². The summed E-state index contributed by atoms with van der Waals surface area (Å²) in [6.07, 6.45) is 2.95. The molecule has 1 amide bonds. The van der Waals surface area contributed by atoms with Crippen LogP contribution in [0.1, 0.15) is 46.1 Å². The van der Waals surface area contributed by atoms with Crippen LogP contribution >= 0.6 is 0 Å². The van der Waals surface area contributed by atoms with Crippen molar-refractivity contribution in [3.05, 3.63) is 101 Å². The minimum Gasteiger partial charge on any atom is -0.338 e. The Morgan fingerprint density at radius 2 is 1.67 bits per heavy atom. The molecule has 3 heteroatoms. The number of carbonyl (C=O) groups excluding carboxylic acids is 1. The average molecular weight is 356 g/mol. The molecule has 0 radical (unpaired) electrons. The van der Waals surface area contributed by atoms with Crippen molar-refractivity contribution in [2.24, 2.45) is 0 Å². The lowest BCUT2D eigenvalue weighted by Crippen LogP contribution is -2.39. The van der Waals surface area contributed by atoms with Gasteiger partial charge in [0.2, 0.25) is 0 Å². The highest BCUT2D eigenvalue weighted by atomic mass is 16.2. The minimum atomic E-state index is 0.126. The van der Waals surface area contributed by atoms with Gasteiger partial charge in [-0.05, 0) is 42.7 Å². The van der Waals surface area contributed by atoms with Gasteiger partial charge in [-0.3, -0.25) is 9.78 Å². The Morgan fingerprint density at radius 3 is 2.44 bits per heavy atom. The summed E-state index contributed by atoms with van der Waals surface area (Å²) in [5.41, 5.74) is 4.23. The van der Waals surface area contributed by atoms with Gasteiger partial charge in [-0.25, -0.2) is 0 Å². The second kappa shape index (κ2) is 8.17. The third kappa shape index (κ3) is 4.25. The first-order valence-electron chi connectivity index (χ1n) is 9.64. The van der Waals surface area contributed by atoms with Crippen molar-refractivity contribution < 1.29 is 4.79 Å². The van der Waals surface area contributed by atoms with E-state index in [9.17, 15) is 4.79 Å². The smallest absolute Gasteiger partial charge is 0.253 e. The number of hydrogen-bond donors (Lipinski definition) is 0. The predicted molar refractivity (Wildman–Crippen MR) is 108 cm³/mol. The molecule has 1 aromatic heterocycles. The van der Waals surface area contributed by atoms with E-state index in [0.29, 0.717) is 5.92 Å². The second-order valence-electron chi connectivity index (χ2n) is 7.17. The Labute approximate surface area is 160 Å². The van der Waals surface area contributed by atoms with E-state index in [1.165, 1.54) is 5.56 Å².